The summed E-state index contributed by atoms with van der Waals surface area (Å²) in [6.07, 6.45) is -4.39. The molecule has 2 fully saturated rings. The van der Waals surface area contributed by atoms with E-state index in [0.717, 1.165) is 16.9 Å². The third-order valence-corrected chi connectivity index (χ3v) is 5.99. The van der Waals surface area contributed by atoms with Gasteiger partial charge < -0.3 is 4.90 Å². The number of amides is 1. The first-order valence-corrected chi connectivity index (χ1v) is 10.1. The Balaban J connectivity index is 1.35. The minimum atomic E-state index is -4.54. The van der Waals surface area contributed by atoms with Gasteiger partial charge in [0.1, 0.15) is 12.2 Å². The fraction of sp³-hybridized carbons (Fsp3) is 0.450. The van der Waals surface area contributed by atoms with Gasteiger partial charge in [0.2, 0.25) is 11.9 Å². The maximum absolute atomic E-state index is 13.0. The summed E-state index contributed by atoms with van der Waals surface area (Å²) in [5, 5.41) is 4.60. The normalized spacial score (nSPS) is 18.1. The minimum Gasteiger partial charge on any atom is -0.370 e. The highest BCUT2D eigenvalue weighted by Gasteiger charge is 2.52. The van der Waals surface area contributed by atoms with Gasteiger partial charge in [-0.1, -0.05) is 0 Å². The molecule has 0 atom stereocenters. The lowest BCUT2D eigenvalue weighted by atomic mass is 9.78. The molecule has 1 spiro atoms. The van der Waals surface area contributed by atoms with Gasteiger partial charge in [-0.15, -0.1) is 0 Å². The predicted molar refractivity (Wildman–Crippen MR) is 107 cm³/mol. The van der Waals surface area contributed by atoms with Crippen LogP contribution in [-0.4, -0.2) is 56.7 Å². The van der Waals surface area contributed by atoms with Gasteiger partial charge in [-0.2, -0.15) is 23.3 Å². The van der Waals surface area contributed by atoms with Crippen LogP contribution in [-0.2, 0) is 17.5 Å². The Morgan fingerprint density at radius 2 is 1.94 bits per heavy atom. The van der Waals surface area contributed by atoms with Crippen molar-refractivity contribution in [1.29, 1.82) is 0 Å². The summed E-state index contributed by atoms with van der Waals surface area (Å²) in [6, 6.07) is 2.49. The molecule has 1 amide bonds. The molecular formula is C20H18F5N7O. The second kappa shape index (κ2) is 7.32. The molecule has 8 nitrogen and oxygen atoms in total. The predicted octanol–water partition coefficient (Wildman–Crippen LogP) is 3.06. The second-order valence-corrected chi connectivity index (χ2v) is 8.48. The van der Waals surface area contributed by atoms with E-state index in [1.165, 1.54) is 17.2 Å². The Morgan fingerprint density at radius 3 is 2.64 bits per heavy atom. The number of nitrogens with zero attached hydrogens (tertiary/aromatic N) is 7. The molecule has 5 rings (SSSR count). The van der Waals surface area contributed by atoms with Crippen molar-refractivity contribution in [1.82, 2.24) is 24.7 Å². The van der Waals surface area contributed by atoms with Gasteiger partial charge in [0.05, 0.1) is 11.1 Å². The van der Waals surface area contributed by atoms with Crippen LogP contribution in [0.4, 0.5) is 33.6 Å². The van der Waals surface area contributed by atoms with Crippen molar-refractivity contribution >= 4 is 28.6 Å². The van der Waals surface area contributed by atoms with Crippen LogP contribution < -0.4 is 9.80 Å². The van der Waals surface area contributed by atoms with Crippen LogP contribution in [0.25, 0.3) is 11.0 Å². The van der Waals surface area contributed by atoms with Gasteiger partial charge in [-0.05, 0) is 19.1 Å². The number of rotatable bonds is 4. The summed E-state index contributed by atoms with van der Waals surface area (Å²) in [5.74, 6) is -0.127. The fourth-order valence-electron chi connectivity index (χ4n) is 4.49. The van der Waals surface area contributed by atoms with Crippen molar-refractivity contribution in [2.75, 3.05) is 29.4 Å². The average Bonchev–Trinajstić information content (AvgIpc) is 3.23. The van der Waals surface area contributed by atoms with Crippen molar-refractivity contribution in [3.8, 4) is 0 Å². The zero-order valence-electron chi connectivity index (χ0n) is 17.4. The van der Waals surface area contributed by atoms with Crippen LogP contribution in [0.3, 0.4) is 0 Å². The van der Waals surface area contributed by atoms with Gasteiger partial charge >= 0.3 is 6.18 Å². The quantitative estimate of drug-likeness (QED) is 0.549. The molecule has 0 bridgehead atoms. The molecule has 174 valence electrons. The molecule has 3 aromatic rings. The lowest BCUT2D eigenvalue weighted by Crippen LogP contribution is -2.57. The monoisotopic (exact) mass is 467 g/mol. The Kier molecular flexibility index (Phi) is 4.76. The fourth-order valence-corrected chi connectivity index (χ4v) is 4.49. The van der Waals surface area contributed by atoms with Crippen LogP contribution in [0, 0.1) is 12.3 Å². The maximum Gasteiger partial charge on any atom is 0.433 e. The first-order valence-electron chi connectivity index (χ1n) is 10.1. The molecule has 33 heavy (non-hydrogen) atoms. The highest BCUT2D eigenvalue weighted by molar-refractivity contribution is 5.96. The molecule has 0 aliphatic carbocycles. The van der Waals surface area contributed by atoms with Crippen LogP contribution in [0.1, 0.15) is 17.8 Å². The highest BCUT2D eigenvalue weighted by Crippen LogP contribution is 2.44. The smallest absolute Gasteiger partial charge is 0.370 e. The molecule has 0 unspecified atom stereocenters. The first-order chi connectivity index (χ1) is 15.5. The number of carbonyl (C=O) groups excluding carboxylic acids is 1. The van der Waals surface area contributed by atoms with E-state index in [1.54, 1.807) is 11.8 Å². The number of anilines is 2. The molecule has 0 N–H and O–H groups in total. The number of pyridine rings is 1. The largest absolute Gasteiger partial charge is 0.433 e. The third kappa shape index (κ3) is 3.74. The summed E-state index contributed by atoms with van der Waals surface area (Å²) < 4.78 is 65.8. The summed E-state index contributed by atoms with van der Waals surface area (Å²) >= 11 is 0. The Labute approximate surface area is 184 Å². The Morgan fingerprint density at radius 1 is 1.18 bits per heavy atom. The number of alkyl halides is 5. The van der Waals surface area contributed by atoms with Gasteiger partial charge in [0.15, 0.2) is 5.65 Å². The Hall–Kier alpha value is -3.38. The van der Waals surface area contributed by atoms with Gasteiger partial charge in [-0.3, -0.25) is 14.7 Å². The van der Waals surface area contributed by atoms with Crippen molar-refractivity contribution in [2.24, 2.45) is 5.41 Å². The standard InChI is InChI=1S/C20H18F5N7O/c1-11-13-6-27-18(28-17(13)32(29-11)7-15(21)22)31-10-19(5-16(31)33)8-30(9-19)12-2-3-26-14(4-12)20(23,24)25/h2-4,6,15H,5,7-10H2,1H3. The topological polar surface area (TPSA) is 80.0 Å². The van der Waals surface area contributed by atoms with Crippen molar-refractivity contribution < 1.29 is 26.7 Å². The Bertz CT molecular complexity index is 1240. The molecule has 3 aromatic heterocycles. The molecule has 2 aliphatic rings. The lowest BCUT2D eigenvalue weighted by Gasteiger charge is -2.48. The molecule has 0 radical (unpaired) electrons. The maximum atomic E-state index is 13.0. The second-order valence-electron chi connectivity index (χ2n) is 8.48. The molecular weight excluding hydrogens is 449 g/mol. The number of halogens is 5. The summed E-state index contributed by atoms with van der Waals surface area (Å²) in [7, 11) is 0. The van der Waals surface area contributed by atoms with E-state index >= 15 is 0 Å². The highest BCUT2D eigenvalue weighted by atomic mass is 19.4. The number of aryl methyl sites for hydroxylation is 1. The zero-order valence-corrected chi connectivity index (χ0v) is 17.4. The molecule has 0 saturated carbocycles. The van der Waals surface area contributed by atoms with Crippen LogP contribution in [0.15, 0.2) is 24.5 Å². The lowest BCUT2D eigenvalue weighted by molar-refractivity contribution is -0.141. The number of aromatic nitrogens is 5. The van der Waals surface area contributed by atoms with E-state index in [-0.39, 0.29) is 30.5 Å². The van der Waals surface area contributed by atoms with E-state index in [0.29, 0.717) is 29.9 Å². The average molecular weight is 467 g/mol. The molecule has 13 heteroatoms. The number of carbonyl (C=O) groups is 1. The van der Waals surface area contributed by atoms with E-state index in [2.05, 4.69) is 20.1 Å². The van der Waals surface area contributed by atoms with Gasteiger partial charge in [0.25, 0.3) is 6.43 Å². The van der Waals surface area contributed by atoms with Crippen molar-refractivity contribution in [2.45, 2.75) is 32.5 Å². The zero-order chi connectivity index (χ0) is 23.5. The number of fused-ring (bicyclic) bond motifs is 1. The van der Waals surface area contributed by atoms with E-state index < -0.39 is 30.3 Å². The van der Waals surface area contributed by atoms with Crippen molar-refractivity contribution in [3.63, 3.8) is 0 Å². The van der Waals surface area contributed by atoms with Crippen molar-refractivity contribution in [3.05, 3.63) is 35.9 Å². The molecule has 2 saturated heterocycles. The SMILES string of the molecule is Cc1nn(CC(F)F)c2nc(N3CC4(CC3=O)CN(c3ccnc(C(F)(F)F)c3)C4)ncc12. The van der Waals surface area contributed by atoms with E-state index in [1.807, 2.05) is 0 Å². The van der Waals surface area contributed by atoms with E-state index in [9.17, 15) is 26.7 Å². The number of hydrogen-bond donors (Lipinski definition) is 0. The summed E-state index contributed by atoms with van der Waals surface area (Å²) in [4.78, 5) is 27.9. The molecule has 5 heterocycles. The van der Waals surface area contributed by atoms with E-state index in [4.69, 9.17) is 0 Å². The van der Waals surface area contributed by atoms with Crippen LogP contribution >= 0.6 is 0 Å². The minimum absolute atomic E-state index is 0.0986. The first kappa shape index (κ1) is 21.5. The van der Waals surface area contributed by atoms with Crippen LogP contribution in [0.5, 0.6) is 0 Å². The van der Waals surface area contributed by atoms with Gasteiger partial charge in [0, 0.05) is 49.6 Å². The molecule has 2 aliphatic heterocycles. The van der Waals surface area contributed by atoms with Crippen LogP contribution in [0.2, 0.25) is 0 Å². The third-order valence-electron chi connectivity index (χ3n) is 5.99. The summed E-state index contributed by atoms with van der Waals surface area (Å²) in [6.45, 7) is 2.10. The summed E-state index contributed by atoms with van der Waals surface area (Å²) in [5.41, 5.74) is -0.304. The van der Waals surface area contributed by atoms with Gasteiger partial charge in [-0.25, -0.2) is 18.4 Å². The number of hydrogen-bond acceptors (Lipinski definition) is 6. The molecule has 0 aromatic carbocycles.